The van der Waals surface area contributed by atoms with Crippen molar-refractivity contribution in [2.24, 2.45) is 0 Å². The van der Waals surface area contributed by atoms with Gasteiger partial charge in [-0.25, -0.2) is 0 Å². The molecule has 0 unspecified atom stereocenters. The van der Waals surface area contributed by atoms with E-state index in [4.69, 9.17) is 0 Å². The number of hydrogen-bond acceptors (Lipinski definition) is 6. The SMILES string of the molecule is O=C([O-])CCCCCCCCCCCCCCCCSSCCCCCCCCCCCCCCCCC(=O)[O-].[K+].[K+]. The minimum atomic E-state index is -0.907. The second-order valence-corrected chi connectivity index (χ2v) is 14.5. The molecule has 0 aliphatic heterocycles. The maximum absolute atomic E-state index is 10.4. The van der Waals surface area contributed by atoms with Gasteiger partial charge >= 0.3 is 103 Å². The molecule has 0 atom stereocenters. The Labute approximate surface area is 354 Å². The van der Waals surface area contributed by atoms with Gasteiger partial charge in [-0.3, -0.25) is 0 Å². The summed E-state index contributed by atoms with van der Waals surface area (Å²) in [6, 6.07) is 0. The summed E-state index contributed by atoms with van der Waals surface area (Å²) in [5.74, 6) is 0.826. The van der Waals surface area contributed by atoms with Crippen molar-refractivity contribution in [1.29, 1.82) is 0 Å². The van der Waals surface area contributed by atoms with Crippen LogP contribution in [-0.2, 0) is 9.59 Å². The Kier molecular flexibility index (Phi) is 51.5. The molecule has 0 spiro atoms. The third-order valence-corrected chi connectivity index (χ3v) is 10.4. The van der Waals surface area contributed by atoms with E-state index < -0.39 is 11.9 Å². The van der Waals surface area contributed by atoms with Crippen LogP contribution < -0.4 is 113 Å². The maximum Gasteiger partial charge on any atom is 1.00 e. The second-order valence-electron chi connectivity index (χ2n) is 11.8. The Morgan fingerprint density at radius 1 is 0.310 bits per heavy atom. The molecule has 0 rings (SSSR count). The summed E-state index contributed by atoms with van der Waals surface area (Å²) in [5, 5.41) is 20.7. The Bertz CT molecular complexity index is 496. The minimum absolute atomic E-state index is 0. The number of carbonyl (C=O) groups excluding carboxylic acids is 2. The fourth-order valence-electron chi connectivity index (χ4n) is 5.22. The van der Waals surface area contributed by atoms with Gasteiger partial charge in [-0.15, -0.1) is 0 Å². The van der Waals surface area contributed by atoms with Crippen LogP contribution >= 0.6 is 21.6 Å². The molecule has 0 saturated heterocycles. The number of carboxylic acid groups (broad SMARTS) is 2. The Hall–Kier alpha value is 2.91. The molecule has 4 nitrogen and oxygen atoms in total. The van der Waals surface area contributed by atoms with E-state index in [1.165, 1.54) is 166 Å². The molecule has 8 heteroatoms. The number of carbonyl (C=O) groups is 2. The van der Waals surface area contributed by atoms with E-state index in [-0.39, 0.29) is 116 Å². The van der Waals surface area contributed by atoms with E-state index in [1.807, 2.05) is 0 Å². The summed E-state index contributed by atoms with van der Waals surface area (Å²) < 4.78 is 0. The first-order valence-corrected chi connectivity index (χ1v) is 19.8. The first kappa shape index (κ1) is 49.3. The summed E-state index contributed by atoms with van der Waals surface area (Å²) >= 11 is 0. The van der Waals surface area contributed by atoms with Crippen molar-refractivity contribution in [3.05, 3.63) is 0 Å². The van der Waals surface area contributed by atoms with E-state index >= 15 is 0 Å². The van der Waals surface area contributed by atoms with Crippen LogP contribution in [0.1, 0.15) is 193 Å². The maximum atomic E-state index is 10.4. The Morgan fingerprint density at radius 2 is 0.476 bits per heavy atom. The normalized spacial score (nSPS) is 10.8. The van der Waals surface area contributed by atoms with Crippen LogP contribution in [0.2, 0.25) is 0 Å². The average Bonchev–Trinajstić information content (AvgIpc) is 2.93. The standard InChI is InChI=1S/C34H66O4S2.2K/c35-33(36)29-25-21-17-13-9-5-1-3-7-11-15-19-23-27-31-39-40-32-28-24-20-16-12-8-4-2-6-10-14-18-22-26-30-34(37)38;;/h1-32H2,(H,35,36)(H,37,38);;/q;2*+1/p-2. The summed E-state index contributed by atoms with van der Waals surface area (Å²) in [6.07, 6.45) is 36.6. The van der Waals surface area contributed by atoms with Crippen LogP contribution in [0.4, 0.5) is 0 Å². The first-order valence-electron chi connectivity index (χ1n) is 17.3. The van der Waals surface area contributed by atoms with Gasteiger partial charge in [0.1, 0.15) is 0 Å². The van der Waals surface area contributed by atoms with Crippen molar-refractivity contribution < 1.29 is 123 Å². The van der Waals surface area contributed by atoms with Crippen LogP contribution in [-0.4, -0.2) is 23.4 Å². The molecule has 0 aliphatic carbocycles. The van der Waals surface area contributed by atoms with Crippen LogP contribution in [0, 0.1) is 0 Å². The summed E-state index contributed by atoms with van der Waals surface area (Å²) in [4.78, 5) is 20.7. The predicted octanol–water partition coefficient (Wildman–Crippen LogP) is 3.58. The molecule has 0 amide bonds. The smallest absolute Gasteiger partial charge is 0.550 e. The molecule has 0 N–H and O–H groups in total. The number of rotatable bonds is 35. The number of carboxylic acids is 2. The number of unbranched alkanes of at least 4 members (excludes halogenated alkanes) is 26. The zero-order valence-electron chi connectivity index (χ0n) is 28.1. The molecule has 238 valence electrons. The zero-order chi connectivity index (χ0) is 29.2. The van der Waals surface area contributed by atoms with Crippen molar-refractivity contribution >= 4 is 33.5 Å². The summed E-state index contributed by atoms with van der Waals surface area (Å²) in [6.45, 7) is 0. The van der Waals surface area contributed by atoms with Crippen LogP contribution in [0.15, 0.2) is 0 Å². The topological polar surface area (TPSA) is 80.3 Å². The van der Waals surface area contributed by atoms with Gasteiger partial charge in [-0.2, -0.15) is 0 Å². The summed E-state index contributed by atoms with van der Waals surface area (Å²) in [5.41, 5.74) is 0. The molecule has 42 heavy (non-hydrogen) atoms. The molecular formula is C34H64K2O4S2. The third-order valence-electron chi connectivity index (χ3n) is 7.80. The molecule has 0 bridgehead atoms. The van der Waals surface area contributed by atoms with E-state index in [1.54, 1.807) is 0 Å². The molecule has 0 aromatic rings. The van der Waals surface area contributed by atoms with Gasteiger partial charge in [-0.1, -0.05) is 176 Å². The quantitative estimate of drug-likeness (QED) is 0.0580. The van der Waals surface area contributed by atoms with E-state index in [9.17, 15) is 19.8 Å². The van der Waals surface area contributed by atoms with Crippen molar-refractivity contribution in [1.82, 2.24) is 0 Å². The summed E-state index contributed by atoms with van der Waals surface area (Å²) in [7, 11) is 4.18. The molecule has 0 radical (unpaired) electrons. The van der Waals surface area contributed by atoms with Crippen molar-refractivity contribution in [2.45, 2.75) is 193 Å². The molecule has 0 aliphatic rings. The Morgan fingerprint density at radius 3 is 0.667 bits per heavy atom. The van der Waals surface area contributed by atoms with Gasteiger partial charge in [-0.05, 0) is 38.5 Å². The van der Waals surface area contributed by atoms with Gasteiger partial charge in [0.25, 0.3) is 0 Å². The van der Waals surface area contributed by atoms with Crippen molar-refractivity contribution in [3.8, 4) is 0 Å². The second kappa shape index (κ2) is 43.9. The third kappa shape index (κ3) is 47.3. The minimum Gasteiger partial charge on any atom is -0.550 e. The van der Waals surface area contributed by atoms with Crippen molar-refractivity contribution in [3.63, 3.8) is 0 Å². The molecule has 0 aromatic heterocycles. The van der Waals surface area contributed by atoms with Crippen LogP contribution in [0.5, 0.6) is 0 Å². The van der Waals surface area contributed by atoms with Gasteiger partial charge in [0.2, 0.25) is 0 Å². The van der Waals surface area contributed by atoms with E-state index in [0.717, 1.165) is 25.7 Å². The van der Waals surface area contributed by atoms with Gasteiger partial charge in [0.15, 0.2) is 0 Å². The number of aliphatic carboxylic acids is 2. The van der Waals surface area contributed by atoms with Crippen LogP contribution in [0.3, 0.4) is 0 Å². The fraction of sp³-hybridized carbons (Fsp3) is 0.941. The number of hydrogen-bond donors (Lipinski definition) is 0. The average molecular weight is 679 g/mol. The Balaban J connectivity index is -0.00000760. The van der Waals surface area contributed by atoms with Gasteiger partial charge < -0.3 is 19.8 Å². The van der Waals surface area contributed by atoms with Gasteiger partial charge in [0.05, 0.1) is 0 Å². The molecule has 0 saturated carbocycles. The largest absolute Gasteiger partial charge is 1.00 e. The monoisotopic (exact) mass is 678 g/mol. The molecule has 0 aromatic carbocycles. The van der Waals surface area contributed by atoms with Gasteiger partial charge in [0, 0.05) is 23.4 Å². The van der Waals surface area contributed by atoms with Crippen molar-refractivity contribution in [2.75, 3.05) is 11.5 Å². The fourth-order valence-corrected chi connectivity index (χ4v) is 7.52. The van der Waals surface area contributed by atoms with E-state index in [0.29, 0.717) is 0 Å². The first-order chi connectivity index (χ1) is 19.6. The predicted molar refractivity (Wildman–Crippen MR) is 173 cm³/mol. The molecule has 0 fully saturated rings. The molecular weight excluding hydrogens is 615 g/mol. The zero-order valence-corrected chi connectivity index (χ0v) is 36.0. The molecule has 0 heterocycles. The van der Waals surface area contributed by atoms with E-state index in [2.05, 4.69) is 21.6 Å². The van der Waals surface area contributed by atoms with Crippen LogP contribution in [0.25, 0.3) is 0 Å².